The van der Waals surface area contributed by atoms with E-state index < -0.39 is 0 Å². The first kappa shape index (κ1) is 15.0. The number of nitrogens with one attached hydrogen (secondary N) is 1. The number of halogens is 1. The minimum atomic E-state index is -0.289. The standard InChI is InChI=1S/C16H23FN2O/c1-3-10-19(14-6-8-18-9-7-14)16(20)15-5-4-13(17)11-12(15)2/h4-5,11,14,18H,3,6-10H2,1-2H3. The van der Waals surface area contributed by atoms with Gasteiger partial charge in [0.05, 0.1) is 0 Å². The van der Waals surface area contributed by atoms with E-state index in [0.717, 1.165) is 38.9 Å². The third kappa shape index (κ3) is 3.37. The molecule has 1 N–H and O–H groups in total. The van der Waals surface area contributed by atoms with Crippen LogP contribution >= 0.6 is 0 Å². The van der Waals surface area contributed by atoms with Crippen molar-refractivity contribution in [2.75, 3.05) is 19.6 Å². The predicted molar refractivity (Wildman–Crippen MR) is 78.4 cm³/mol. The van der Waals surface area contributed by atoms with E-state index in [9.17, 15) is 9.18 Å². The number of piperidine rings is 1. The lowest BCUT2D eigenvalue weighted by atomic mass is 10.0. The second-order valence-corrected chi connectivity index (χ2v) is 5.44. The third-order valence-electron chi connectivity index (χ3n) is 3.89. The Balaban J connectivity index is 2.21. The lowest BCUT2D eigenvalue weighted by Crippen LogP contribution is -2.46. The molecule has 1 fully saturated rings. The van der Waals surface area contributed by atoms with Crippen LogP contribution in [0.4, 0.5) is 4.39 Å². The fraction of sp³-hybridized carbons (Fsp3) is 0.562. The Morgan fingerprint density at radius 2 is 2.10 bits per heavy atom. The summed E-state index contributed by atoms with van der Waals surface area (Å²) in [4.78, 5) is 14.7. The van der Waals surface area contributed by atoms with Gasteiger partial charge < -0.3 is 10.2 Å². The first-order valence-electron chi connectivity index (χ1n) is 7.41. The molecule has 3 nitrogen and oxygen atoms in total. The maximum atomic E-state index is 13.2. The minimum Gasteiger partial charge on any atom is -0.336 e. The highest BCUT2D eigenvalue weighted by Crippen LogP contribution is 2.19. The molecule has 1 heterocycles. The van der Waals surface area contributed by atoms with Crippen molar-refractivity contribution in [1.82, 2.24) is 10.2 Å². The van der Waals surface area contributed by atoms with Gasteiger partial charge in [-0.3, -0.25) is 4.79 Å². The van der Waals surface area contributed by atoms with E-state index in [1.165, 1.54) is 12.1 Å². The summed E-state index contributed by atoms with van der Waals surface area (Å²) in [5, 5.41) is 3.32. The third-order valence-corrected chi connectivity index (χ3v) is 3.89. The van der Waals surface area contributed by atoms with Gasteiger partial charge in [0.1, 0.15) is 5.82 Å². The average molecular weight is 278 g/mol. The maximum Gasteiger partial charge on any atom is 0.254 e. The number of hydrogen-bond acceptors (Lipinski definition) is 2. The highest BCUT2D eigenvalue weighted by molar-refractivity contribution is 5.95. The van der Waals surface area contributed by atoms with E-state index in [1.54, 1.807) is 13.0 Å². The van der Waals surface area contributed by atoms with E-state index in [0.29, 0.717) is 17.2 Å². The van der Waals surface area contributed by atoms with Crippen LogP contribution in [0.2, 0.25) is 0 Å². The number of carbonyl (C=O) groups excluding carboxylic acids is 1. The van der Waals surface area contributed by atoms with Crippen LogP contribution in [0.1, 0.15) is 42.1 Å². The van der Waals surface area contributed by atoms with Gasteiger partial charge in [-0.15, -0.1) is 0 Å². The molecule has 0 spiro atoms. The van der Waals surface area contributed by atoms with Gasteiger partial charge in [-0.2, -0.15) is 0 Å². The number of rotatable bonds is 4. The molecule has 2 rings (SSSR count). The summed E-state index contributed by atoms with van der Waals surface area (Å²) in [6.45, 7) is 6.56. The zero-order valence-electron chi connectivity index (χ0n) is 12.3. The van der Waals surface area contributed by atoms with Crippen LogP contribution in [0, 0.1) is 12.7 Å². The molecule has 1 amide bonds. The van der Waals surface area contributed by atoms with Gasteiger partial charge in [-0.25, -0.2) is 4.39 Å². The molecule has 0 aromatic heterocycles. The van der Waals surface area contributed by atoms with E-state index in [4.69, 9.17) is 0 Å². The Kier molecular flexibility index (Phi) is 5.12. The van der Waals surface area contributed by atoms with Crippen LogP contribution in [-0.2, 0) is 0 Å². The zero-order chi connectivity index (χ0) is 14.5. The topological polar surface area (TPSA) is 32.3 Å². The molecular weight excluding hydrogens is 255 g/mol. The van der Waals surface area contributed by atoms with Gasteiger partial charge in [-0.1, -0.05) is 6.92 Å². The van der Waals surface area contributed by atoms with Crippen molar-refractivity contribution < 1.29 is 9.18 Å². The number of benzene rings is 1. The second kappa shape index (κ2) is 6.84. The van der Waals surface area contributed by atoms with Gasteiger partial charge in [0.25, 0.3) is 5.91 Å². The zero-order valence-corrected chi connectivity index (χ0v) is 12.3. The fourth-order valence-corrected chi connectivity index (χ4v) is 2.83. The smallest absolute Gasteiger partial charge is 0.254 e. The van der Waals surface area contributed by atoms with Gasteiger partial charge in [-0.05, 0) is 63.0 Å². The summed E-state index contributed by atoms with van der Waals surface area (Å²) in [7, 11) is 0. The molecule has 0 aliphatic carbocycles. The Labute approximate surface area is 120 Å². The molecule has 110 valence electrons. The SMILES string of the molecule is CCCN(C(=O)c1ccc(F)cc1C)C1CCNCC1. The average Bonchev–Trinajstić information content (AvgIpc) is 2.45. The molecule has 1 aromatic rings. The summed E-state index contributed by atoms with van der Waals surface area (Å²) in [5.74, 6) is -0.251. The molecule has 0 saturated carbocycles. The number of hydrogen-bond donors (Lipinski definition) is 1. The lowest BCUT2D eigenvalue weighted by molar-refractivity contribution is 0.0642. The molecule has 1 aliphatic rings. The molecule has 0 atom stereocenters. The van der Waals surface area contributed by atoms with Gasteiger partial charge in [0.2, 0.25) is 0 Å². The molecule has 4 heteroatoms. The molecule has 1 aromatic carbocycles. The van der Waals surface area contributed by atoms with Crippen molar-refractivity contribution in [3.8, 4) is 0 Å². The van der Waals surface area contributed by atoms with Crippen molar-refractivity contribution >= 4 is 5.91 Å². The molecular formula is C16H23FN2O. The van der Waals surface area contributed by atoms with Crippen LogP contribution in [0.5, 0.6) is 0 Å². The Hall–Kier alpha value is -1.42. The quantitative estimate of drug-likeness (QED) is 0.918. The minimum absolute atomic E-state index is 0.0382. The number of amides is 1. The first-order chi connectivity index (χ1) is 9.63. The van der Waals surface area contributed by atoms with Gasteiger partial charge >= 0.3 is 0 Å². The van der Waals surface area contributed by atoms with E-state index in [1.807, 2.05) is 4.90 Å². The van der Waals surface area contributed by atoms with Gasteiger partial charge in [0.15, 0.2) is 0 Å². The Morgan fingerprint density at radius 3 is 2.70 bits per heavy atom. The van der Waals surface area contributed by atoms with Gasteiger partial charge in [0, 0.05) is 18.2 Å². The number of carbonyl (C=O) groups is 1. The highest BCUT2D eigenvalue weighted by Gasteiger charge is 2.26. The number of aryl methyl sites for hydroxylation is 1. The lowest BCUT2D eigenvalue weighted by Gasteiger charge is -2.35. The van der Waals surface area contributed by atoms with Crippen molar-refractivity contribution in [1.29, 1.82) is 0 Å². The molecule has 1 aliphatic heterocycles. The fourth-order valence-electron chi connectivity index (χ4n) is 2.83. The second-order valence-electron chi connectivity index (χ2n) is 5.44. The summed E-state index contributed by atoms with van der Waals surface area (Å²) in [5.41, 5.74) is 1.34. The van der Waals surface area contributed by atoms with Crippen LogP contribution in [-0.4, -0.2) is 36.5 Å². The Morgan fingerprint density at radius 1 is 1.40 bits per heavy atom. The highest BCUT2D eigenvalue weighted by atomic mass is 19.1. The molecule has 0 bridgehead atoms. The monoisotopic (exact) mass is 278 g/mol. The maximum absolute atomic E-state index is 13.2. The normalized spacial score (nSPS) is 16.1. The van der Waals surface area contributed by atoms with Crippen molar-refractivity contribution in [2.24, 2.45) is 0 Å². The number of nitrogens with zero attached hydrogens (tertiary/aromatic N) is 1. The van der Waals surface area contributed by atoms with Crippen LogP contribution in [0.3, 0.4) is 0 Å². The van der Waals surface area contributed by atoms with E-state index in [2.05, 4.69) is 12.2 Å². The summed E-state index contributed by atoms with van der Waals surface area (Å²) >= 11 is 0. The molecule has 0 unspecified atom stereocenters. The van der Waals surface area contributed by atoms with E-state index in [-0.39, 0.29) is 11.7 Å². The largest absolute Gasteiger partial charge is 0.336 e. The van der Waals surface area contributed by atoms with Crippen molar-refractivity contribution in [2.45, 2.75) is 39.2 Å². The molecule has 1 saturated heterocycles. The summed E-state index contributed by atoms with van der Waals surface area (Å²) in [6, 6.07) is 4.71. The van der Waals surface area contributed by atoms with Crippen molar-refractivity contribution in [3.63, 3.8) is 0 Å². The Bertz CT molecular complexity index is 470. The predicted octanol–water partition coefficient (Wildman–Crippen LogP) is 2.74. The van der Waals surface area contributed by atoms with Crippen LogP contribution < -0.4 is 5.32 Å². The summed E-state index contributed by atoms with van der Waals surface area (Å²) < 4.78 is 13.2. The van der Waals surface area contributed by atoms with Crippen LogP contribution in [0.25, 0.3) is 0 Å². The molecule has 20 heavy (non-hydrogen) atoms. The van der Waals surface area contributed by atoms with E-state index >= 15 is 0 Å². The van der Waals surface area contributed by atoms with Crippen molar-refractivity contribution in [3.05, 3.63) is 35.1 Å². The van der Waals surface area contributed by atoms with Crippen LogP contribution in [0.15, 0.2) is 18.2 Å². The first-order valence-corrected chi connectivity index (χ1v) is 7.41. The summed E-state index contributed by atoms with van der Waals surface area (Å²) in [6.07, 6.45) is 2.92. The molecule has 0 radical (unpaired) electrons.